The molecule has 0 nitrogen and oxygen atoms in total. The molecule has 0 aliphatic heterocycles. The fourth-order valence-electron chi connectivity index (χ4n) is 1.49. The van der Waals surface area contributed by atoms with Gasteiger partial charge in [0, 0.05) is 15.1 Å². The Bertz CT molecular complexity index is 434. The monoisotopic (exact) mass is 292 g/mol. The van der Waals surface area contributed by atoms with Crippen LogP contribution in [0.25, 0.3) is 0 Å². The van der Waals surface area contributed by atoms with Crippen molar-refractivity contribution in [3.05, 3.63) is 64.1 Å². The highest BCUT2D eigenvalue weighted by molar-refractivity contribution is 9.10. The zero-order valence-electron chi connectivity index (χ0n) is 9.11. The first kappa shape index (κ1) is 11.7. The molecule has 0 spiro atoms. The molecule has 0 saturated carbocycles. The van der Waals surface area contributed by atoms with E-state index in [9.17, 15) is 0 Å². The molecule has 0 heterocycles. The third-order valence-electron chi connectivity index (χ3n) is 2.43. The molecule has 0 aliphatic carbocycles. The van der Waals surface area contributed by atoms with Gasteiger partial charge in [-0.25, -0.2) is 0 Å². The van der Waals surface area contributed by atoms with Crippen molar-refractivity contribution in [3.8, 4) is 0 Å². The van der Waals surface area contributed by atoms with Crippen LogP contribution in [0, 0.1) is 6.92 Å². The van der Waals surface area contributed by atoms with E-state index < -0.39 is 0 Å². The average Bonchev–Trinajstić information content (AvgIpc) is 2.30. The van der Waals surface area contributed by atoms with E-state index in [-0.39, 0.29) is 0 Å². The Kier molecular flexibility index (Phi) is 4.08. The molecule has 2 heteroatoms. The predicted octanol–water partition coefficient (Wildman–Crippen LogP) is 5.05. The third-order valence-corrected chi connectivity index (χ3v) is 4.43. The molecule has 0 fully saturated rings. The van der Waals surface area contributed by atoms with Gasteiger partial charge < -0.3 is 0 Å². The summed E-state index contributed by atoms with van der Waals surface area (Å²) in [7, 11) is 0. The quantitative estimate of drug-likeness (QED) is 0.714. The molecule has 0 atom stereocenters. The van der Waals surface area contributed by atoms with Crippen molar-refractivity contribution in [1.82, 2.24) is 0 Å². The summed E-state index contributed by atoms with van der Waals surface area (Å²) in [6.45, 7) is 2.16. The van der Waals surface area contributed by atoms with Gasteiger partial charge in [0.05, 0.1) is 0 Å². The molecule has 0 saturated heterocycles. The summed E-state index contributed by atoms with van der Waals surface area (Å²) >= 11 is 5.46. The summed E-state index contributed by atoms with van der Waals surface area (Å²) in [4.78, 5) is 1.36. The van der Waals surface area contributed by atoms with Crippen LogP contribution < -0.4 is 0 Å². The molecule has 0 N–H and O–H groups in total. The highest BCUT2D eigenvalue weighted by Crippen LogP contribution is 2.28. The van der Waals surface area contributed by atoms with Gasteiger partial charge in [-0.3, -0.25) is 0 Å². The zero-order chi connectivity index (χ0) is 11.4. The van der Waals surface area contributed by atoms with Gasteiger partial charge >= 0.3 is 0 Å². The van der Waals surface area contributed by atoms with E-state index in [0.717, 1.165) is 5.75 Å². The van der Waals surface area contributed by atoms with E-state index in [0.29, 0.717) is 0 Å². The summed E-state index contributed by atoms with van der Waals surface area (Å²) < 4.78 is 1.19. The van der Waals surface area contributed by atoms with Gasteiger partial charge in [-0.15, -0.1) is 11.8 Å². The van der Waals surface area contributed by atoms with E-state index >= 15 is 0 Å². The lowest BCUT2D eigenvalue weighted by Gasteiger charge is -2.06. The van der Waals surface area contributed by atoms with Crippen LogP contribution in [0.1, 0.15) is 11.1 Å². The number of aryl methyl sites for hydroxylation is 1. The second kappa shape index (κ2) is 5.55. The van der Waals surface area contributed by atoms with Gasteiger partial charge in [-0.2, -0.15) is 0 Å². The highest BCUT2D eigenvalue weighted by atomic mass is 79.9. The van der Waals surface area contributed by atoms with Gasteiger partial charge in [0.15, 0.2) is 0 Å². The third kappa shape index (κ3) is 2.89. The van der Waals surface area contributed by atoms with Crippen LogP contribution >= 0.6 is 27.7 Å². The van der Waals surface area contributed by atoms with Crippen LogP contribution in [-0.2, 0) is 5.75 Å². The van der Waals surface area contributed by atoms with Crippen LogP contribution in [0.15, 0.2) is 57.9 Å². The Balaban J connectivity index is 2.09. The molecule has 2 aromatic carbocycles. The lowest BCUT2D eigenvalue weighted by molar-refractivity contribution is 1.28. The maximum absolute atomic E-state index is 3.58. The van der Waals surface area contributed by atoms with Crippen LogP contribution in [0.5, 0.6) is 0 Å². The Labute approximate surface area is 109 Å². The van der Waals surface area contributed by atoms with Crippen LogP contribution in [0.4, 0.5) is 0 Å². The van der Waals surface area contributed by atoms with Gasteiger partial charge in [-0.1, -0.05) is 52.3 Å². The molecule has 0 aromatic heterocycles. The van der Waals surface area contributed by atoms with Crippen molar-refractivity contribution in [1.29, 1.82) is 0 Å². The molecule has 0 amide bonds. The van der Waals surface area contributed by atoms with Gasteiger partial charge in [0.2, 0.25) is 0 Å². The van der Waals surface area contributed by atoms with Crippen LogP contribution in [0.3, 0.4) is 0 Å². The lowest BCUT2D eigenvalue weighted by Crippen LogP contribution is -1.84. The number of rotatable bonds is 3. The first-order valence-corrected chi connectivity index (χ1v) is 6.97. The summed E-state index contributed by atoms with van der Waals surface area (Å²) in [6.07, 6.45) is 0. The topological polar surface area (TPSA) is 0 Å². The van der Waals surface area contributed by atoms with Gasteiger partial charge in [0.1, 0.15) is 0 Å². The Hall–Kier alpha value is -0.730. The minimum Gasteiger partial charge on any atom is -0.121 e. The van der Waals surface area contributed by atoms with Gasteiger partial charge in [-0.05, 0) is 30.2 Å². The van der Waals surface area contributed by atoms with Crippen molar-refractivity contribution < 1.29 is 0 Å². The number of benzene rings is 2. The molecule has 16 heavy (non-hydrogen) atoms. The van der Waals surface area contributed by atoms with Crippen molar-refractivity contribution in [3.63, 3.8) is 0 Å². The first-order chi connectivity index (χ1) is 7.77. The molecule has 2 aromatic rings. The summed E-state index contributed by atoms with van der Waals surface area (Å²) in [6, 6.07) is 16.9. The summed E-state index contributed by atoms with van der Waals surface area (Å²) in [5.74, 6) is 1.01. The predicted molar refractivity (Wildman–Crippen MR) is 74.9 cm³/mol. The van der Waals surface area contributed by atoms with E-state index in [1.807, 2.05) is 17.8 Å². The largest absolute Gasteiger partial charge is 0.121 e. The second-order valence-corrected chi connectivity index (χ2v) is 5.52. The standard InChI is InChI=1S/C14H13BrS/c1-11-6-2-5-9-14(11)16-10-12-7-3-4-8-13(12)15/h2-9H,10H2,1H3. The second-order valence-electron chi connectivity index (χ2n) is 3.65. The lowest BCUT2D eigenvalue weighted by atomic mass is 10.2. The fraction of sp³-hybridized carbons (Fsp3) is 0.143. The first-order valence-electron chi connectivity index (χ1n) is 5.19. The average molecular weight is 293 g/mol. The van der Waals surface area contributed by atoms with Crippen LogP contribution in [0.2, 0.25) is 0 Å². The SMILES string of the molecule is Cc1ccccc1SCc1ccccc1Br. The van der Waals surface area contributed by atoms with Crippen molar-refractivity contribution in [2.24, 2.45) is 0 Å². The molecular formula is C14H13BrS. The molecule has 0 bridgehead atoms. The molecule has 0 radical (unpaired) electrons. The van der Waals surface area contributed by atoms with E-state index in [1.165, 1.54) is 20.5 Å². The minimum atomic E-state index is 1.01. The molecule has 2 rings (SSSR count). The Morgan fingerprint density at radius 2 is 1.69 bits per heavy atom. The van der Waals surface area contributed by atoms with Crippen molar-refractivity contribution >= 4 is 27.7 Å². The van der Waals surface area contributed by atoms with E-state index in [4.69, 9.17) is 0 Å². The van der Waals surface area contributed by atoms with Crippen molar-refractivity contribution in [2.45, 2.75) is 17.6 Å². The molecule has 0 unspecified atom stereocenters. The van der Waals surface area contributed by atoms with E-state index in [2.05, 4.69) is 65.3 Å². The van der Waals surface area contributed by atoms with Gasteiger partial charge in [0.25, 0.3) is 0 Å². The van der Waals surface area contributed by atoms with Crippen LogP contribution in [-0.4, -0.2) is 0 Å². The smallest absolute Gasteiger partial charge is 0.0243 e. The number of hydrogen-bond donors (Lipinski definition) is 0. The molecule has 82 valence electrons. The van der Waals surface area contributed by atoms with E-state index in [1.54, 1.807) is 0 Å². The fourth-order valence-corrected chi connectivity index (χ4v) is 3.13. The number of thioether (sulfide) groups is 1. The summed E-state index contributed by atoms with van der Waals surface area (Å²) in [5.41, 5.74) is 2.69. The number of hydrogen-bond acceptors (Lipinski definition) is 1. The molecule has 0 aliphatic rings. The van der Waals surface area contributed by atoms with Crippen molar-refractivity contribution in [2.75, 3.05) is 0 Å². The highest BCUT2D eigenvalue weighted by Gasteiger charge is 2.01. The minimum absolute atomic E-state index is 1.01. The Morgan fingerprint density at radius 3 is 2.44 bits per heavy atom. The normalized spacial score (nSPS) is 10.4. The maximum atomic E-state index is 3.58. The Morgan fingerprint density at radius 1 is 1.00 bits per heavy atom. The zero-order valence-corrected chi connectivity index (χ0v) is 11.5. The number of halogens is 1. The maximum Gasteiger partial charge on any atom is 0.0243 e. The summed E-state index contributed by atoms with van der Waals surface area (Å²) in [5, 5.41) is 0. The molecular weight excluding hydrogens is 280 g/mol.